The van der Waals surface area contributed by atoms with Gasteiger partial charge in [-0.05, 0) is 29.8 Å². The Morgan fingerprint density at radius 2 is 1.71 bits per heavy atom. The van der Waals surface area contributed by atoms with Gasteiger partial charge in [-0.1, -0.05) is 71.7 Å². The van der Waals surface area contributed by atoms with Crippen molar-refractivity contribution in [3.05, 3.63) is 111 Å². The number of pyridine rings is 1. The maximum atomic E-state index is 13.4. The number of hydrogen-bond donors (Lipinski definition) is 0. The van der Waals surface area contributed by atoms with Crippen molar-refractivity contribution >= 4 is 45.9 Å². The molecule has 1 aliphatic heterocycles. The van der Waals surface area contributed by atoms with Gasteiger partial charge in [-0.3, -0.25) is 14.7 Å². The maximum absolute atomic E-state index is 13.4. The zero-order chi connectivity index (χ0) is 24.4. The van der Waals surface area contributed by atoms with Crippen molar-refractivity contribution in [3.63, 3.8) is 0 Å². The van der Waals surface area contributed by atoms with Crippen LogP contribution in [0.25, 0.3) is 10.9 Å². The molecule has 0 N–H and O–H groups in total. The smallest absolute Gasteiger partial charge is 0.339 e. The van der Waals surface area contributed by atoms with E-state index in [1.807, 2.05) is 42.5 Å². The molecule has 0 saturated carbocycles. The van der Waals surface area contributed by atoms with E-state index in [-0.39, 0.29) is 10.8 Å². The van der Waals surface area contributed by atoms with Crippen LogP contribution >= 0.6 is 23.2 Å². The van der Waals surface area contributed by atoms with Crippen molar-refractivity contribution in [3.8, 4) is 0 Å². The first-order chi connectivity index (χ1) is 17.0. The first kappa shape index (κ1) is 23.5. The van der Waals surface area contributed by atoms with E-state index < -0.39 is 12.6 Å². The Morgan fingerprint density at radius 1 is 0.943 bits per heavy atom. The molecule has 0 bridgehead atoms. The largest absolute Gasteiger partial charge is 0.454 e. The molecule has 5 nitrogen and oxygen atoms in total. The van der Waals surface area contributed by atoms with Gasteiger partial charge in [-0.2, -0.15) is 0 Å². The number of rotatable bonds is 6. The molecule has 1 aromatic heterocycles. The molecule has 0 unspecified atom stereocenters. The minimum atomic E-state index is -0.533. The summed E-state index contributed by atoms with van der Waals surface area (Å²) in [6.45, 7) is 1.80. The summed E-state index contributed by atoms with van der Waals surface area (Å²) < 4.78 is 5.53. The molecule has 0 atom stereocenters. The highest BCUT2D eigenvalue weighted by molar-refractivity contribution is 6.42. The molecular formula is C28H22Cl2N2O3. The first-order valence-corrected chi connectivity index (χ1v) is 12.1. The summed E-state index contributed by atoms with van der Waals surface area (Å²) in [7, 11) is 0. The lowest BCUT2D eigenvalue weighted by Crippen LogP contribution is -2.32. The Labute approximate surface area is 213 Å². The first-order valence-electron chi connectivity index (χ1n) is 11.3. The highest BCUT2D eigenvalue weighted by Crippen LogP contribution is 2.30. The number of Topliss-reactive ketones (excluding diaryl/α,β-unsaturated/α-hetero) is 1. The summed E-state index contributed by atoms with van der Waals surface area (Å²) in [4.78, 5) is 33.2. The average Bonchev–Trinajstić information content (AvgIpc) is 2.88. The number of benzene rings is 3. The predicted octanol–water partition coefficient (Wildman–Crippen LogP) is 6.14. The highest BCUT2D eigenvalue weighted by Gasteiger charge is 2.27. The van der Waals surface area contributed by atoms with Gasteiger partial charge in [-0.25, -0.2) is 4.79 Å². The number of ether oxygens (including phenoxy) is 1. The van der Waals surface area contributed by atoms with Gasteiger partial charge in [0.15, 0.2) is 12.4 Å². The zero-order valence-corrected chi connectivity index (χ0v) is 20.4. The molecule has 35 heavy (non-hydrogen) atoms. The second-order valence-electron chi connectivity index (χ2n) is 8.50. The second-order valence-corrected chi connectivity index (χ2v) is 9.32. The molecule has 7 heteroatoms. The minimum absolute atomic E-state index is 0.275. The number of ketones is 1. The van der Waals surface area contributed by atoms with Gasteiger partial charge in [-0.15, -0.1) is 0 Å². The molecule has 0 saturated heterocycles. The number of nitrogens with zero attached hydrogens (tertiary/aromatic N) is 2. The lowest BCUT2D eigenvalue weighted by molar-refractivity contribution is 0.0473. The van der Waals surface area contributed by atoms with Gasteiger partial charge in [0.2, 0.25) is 0 Å². The van der Waals surface area contributed by atoms with Crippen LogP contribution in [0.2, 0.25) is 10.0 Å². The monoisotopic (exact) mass is 504 g/mol. The van der Waals surface area contributed by atoms with Gasteiger partial charge in [0.25, 0.3) is 0 Å². The van der Waals surface area contributed by atoms with E-state index in [1.54, 1.807) is 12.1 Å². The lowest BCUT2D eigenvalue weighted by Gasteiger charge is -2.30. The lowest BCUT2D eigenvalue weighted by atomic mass is 9.95. The molecule has 1 aliphatic rings. The summed E-state index contributed by atoms with van der Waals surface area (Å²) in [5.74, 6) is -0.885. The third-order valence-corrected chi connectivity index (χ3v) is 6.89. The van der Waals surface area contributed by atoms with Crippen LogP contribution < -0.4 is 0 Å². The number of esters is 1. The van der Waals surface area contributed by atoms with Crippen LogP contribution in [0.3, 0.4) is 0 Å². The zero-order valence-electron chi connectivity index (χ0n) is 18.8. The summed E-state index contributed by atoms with van der Waals surface area (Å²) in [6, 6.07) is 22.4. The van der Waals surface area contributed by atoms with E-state index in [9.17, 15) is 9.59 Å². The van der Waals surface area contributed by atoms with Crippen molar-refractivity contribution < 1.29 is 14.3 Å². The minimum Gasteiger partial charge on any atom is -0.454 e. The van der Waals surface area contributed by atoms with Gasteiger partial charge < -0.3 is 4.74 Å². The molecule has 5 rings (SSSR count). The number of fused-ring (bicyclic) bond motifs is 2. The third-order valence-electron chi connectivity index (χ3n) is 6.15. The van der Waals surface area contributed by atoms with E-state index in [4.69, 9.17) is 32.9 Å². The van der Waals surface area contributed by atoms with Crippen LogP contribution in [0.1, 0.15) is 37.5 Å². The quantitative estimate of drug-likeness (QED) is 0.233. The molecule has 0 spiro atoms. The van der Waals surface area contributed by atoms with Crippen molar-refractivity contribution in [2.75, 3.05) is 13.2 Å². The molecule has 3 aromatic carbocycles. The van der Waals surface area contributed by atoms with Crippen molar-refractivity contribution in [2.24, 2.45) is 0 Å². The number of para-hydroxylation sites is 1. The second kappa shape index (κ2) is 10.2. The number of aromatic nitrogens is 1. The molecule has 176 valence electrons. The summed E-state index contributed by atoms with van der Waals surface area (Å²) in [6.07, 6.45) is 0.732. The number of carbonyl (C=O) groups excluding carboxylic acids is 2. The molecular weight excluding hydrogens is 483 g/mol. The van der Waals surface area contributed by atoms with Crippen LogP contribution in [-0.2, 0) is 24.2 Å². The molecule has 4 aromatic rings. The molecule has 2 heterocycles. The summed E-state index contributed by atoms with van der Waals surface area (Å²) in [5.41, 5.74) is 4.52. The molecule has 0 fully saturated rings. The van der Waals surface area contributed by atoms with E-state index in [0.29, 0.717) is 22.7 Å². The Bertz CT molecular complexity index is 1420. The number of hydrogen-bond acceptors (Lipinski definition) is 5. The van der Waals surface area contributed by atoms with E-state index in [1.165, 1.54) is 11.6 Å². The number of carbonyl (C=O) groups is 2. The fourth-order valence-corrected chi connectivity index (χ4v) is 4.71. The fourth-order valence-electron chi connectivity index (χ4n) is 4.41. The van der Waals surface area contributed by atoms with Crippen LogP contribution in [0.4, 0.5) is 0 Å². The third kappa shape index (κ3) is 5.08. The van der Waals surface area contributed by atoms with Crippen LogP contribution in [-0.4, -0.2) is 34.8 Å². The van der Waals surface area contributed by atoms with E-state index in [2.05, 4.69) is 17.0 Å². The SMILES string of the molecule is O=C(COC(=O)c1c2c(nc3ccccc13)CCN(Cc1ccccc1)C2)c1ccc(Cl)c(Cl)c1. The van der Waals surface area contributed by atoms with Gasteiger partial charge in [0.05, 0.1) is 21.1 Å². The van der Waals surface area contributed by atoms with E-state index in [0.717, 1.165) is 41.7 Å². The Balaban J connectivity index is 1.42. The fraction of sp³-hybridized carbons (Fsp3) is 0.179. The van der Waals surface area contributed by atoms with Crippen LogP contribution in [0.5, 0.6) is 0 Å². The van der Waals surface area contributed by atoms with Crippen molar-refractivity contribution in [1.82, 2.24) is 9.88 Å². The Kier molecular flexibility index (Phi) is 6.82. The van der Waals surface area contributed by atoms with Crippen molar-refractivity contribution in [1.29, 1.82) is 0 Å². The normalized spacial score (nSPS) is 13.4. The van der Waals surface area contributed by atoms with Crippen LogP contribution in [0, 0.1) is 0 Å². The maximum Gasteiger partial charge on any atom is 0.339 e. The summed E-state index contributed by atoms with van der Waals surface area (Å²) in [5, 5.41) is 1.35. The van der Waals surface area contributed by atoms with Gasteiger partial charge >= 0.3 is 5.97 Å². The van der Waals surface area contributed by atoms with E-state index >= 15 is 0 Å². The highest BCUT2D eigenvalue weighted by atomic mass is 35.5. The molecule has 0 radical (unpaired) electrons. The standard InChI is InChI=1S/C28H22Cl2N2O3/c29-22-11-10-19(14-23(22)30)26(33)17-35-28(34)27-20-8-4-5-9-24(20)31-25-12-13-32(16-21(25)27)15-18-6-2-1-3-7-18/h1-11,14H,12-13,15-17H2. The molecule has 0 aliphatic carbocycles. The van der Waals surface area contributed by atoms with Gasteiger partial charge in [0, 0.05) is 48.3 Å². The van der Waals surface area contributed by atoms with Gasteiger partial charge in [0.1, 0.15) is 0 Å². The van der Waals surface area contributed by atoms with Crippen molar-refractivity contribution in [2.45, 2.75) is 19.5 Å². The predicted molar refractivity (Wildman–Crippen MR) is 137 cm³/mol. The average molecular weight is 505 g/mol. The van der Waals surface area contributed by atoms with Crippen LogP contribution in [0.15, 0.2) is 72.8 Å². The number of halogens is 2. The Hall–Kier alpha value is -3.25. The topological polar surface area (TPSA) is 59.5 Å². The summed E-state index contributed by atoms with van der Waals surface area (Å²) >= 11 is 12.0. The molecule has 0 amide bonds. The Morgan fingerprint density at radius 3 is 2.51 bits per heavy atom.